The quantitative estimate of drug-likeness (QED) is 0.839. The minimum Gasteiger partial charge on any atom is -0.394 e. The molecule has 1 N–H and O–H groups in total. The van der Waals surface area contributed by atoms with Crippen molar-refractivity contribution in [2.75, 3.05) is 31.2 Å². The number of Topliss-reactive ketones (excluding diaryl/α,β-unsaturated/α-hetero) is 1. The summed E-state index contributed by atoms with van der Waals surface area (Å²) in [5.74, 6) is -0.487. The fraction of sp³-hybridized carbons (Fsp3) is 0.533. The number of hydrogen-bond donors (Lipinski definition) is 1. The van der Waals surface area contributed by atoms with E-state index in [1.165, 1.54) is 13.0 Å². The number of piperidine rings is 1. The molecule has 0 bridgehead atoms. The van der Waals surface area contributed by atoms with E-state index in [1.54, 1.807) is 12.1 Å². The molecule has 5 heteroatoms. The molecule has 0 spiro atoms. The summed E-state index contributed by atoms with van der Waals surface area (Å²) in [5, 5.41) is 8.72. The van der Waals surface area contributed by atoms with Gasteiger partial charge in [-0.2, -0.15) is 0 Å². The number of ether oxygens (including phenoxy) is 1. The molecule has 1 fully saturated rings. The van der Waals surface area contributed by atoms with Crippen LogP contribution in [0.4, 0.5) is 10.1 Å². The predicted octanol–water partition coefficient (Wildman–Crippen LogP) is 2.01. The lowest BCUT2D eigenvalue weighted by molar-refractivity contribution is 0.0158. The zero-order valence-electron chi connectivity index (χ0n) is 11.6. The molecule has 4 nitrogen and oxygen atoms in total. The second-order valence-corrected chi connectivity index (χ2v) is 5.00. The smallest absolute Gasteiger partial charge is 0.159 e. The van der Waals surface area contributed by atoms with E-state index in [1.807, 2.05) is 4.90 Å². The summed E-state index contributed by atoms with van der Waals surface area (Å²) >= 11 is 0. The van der Waals surface area contributed by atoms with Crippen LogP contribution in [0.3, 0.4) is 0 Å². The van der Waals surface area contributed by atoms with E-state index in [2.05, 4.69) is 0 Å². The maximum absolute atomic E-state index is 14.0. The zero-order valence-corrected chi connectivity index (χ0v) is 11.6. The average Bonchev–Trinajstić information content (AvgIpc) is 2.45. The maximum atomic E-state index is 14.0. The number of carbonyl (C=O) groups is 1. The average molecular weight is 281 g/mol. The fourth-order valence-corrected chi connectivity index (χ4v) is 2.47. The number of halogens is 1. The minimum atomic E-state index is -0.354. The Morgan fingerprint density at radius 1 is 1.45 bits per heavy atom. The van der Waals surface area contributed by atoms with E-state index in [-0.39, 0.29) is 24.3 Å². The lowest BCUT2D eigenvalue weighted by Gasteiger charge is -2.33. The number of ketones is 1. The van der Waals surface area contributed by atoms with Crippen molar-refractivity contribution >= 4 is 11.5 Å². The molecule has 20 heavy (non-hydrogen) atoms. The Labute approximate surface area is 118 Å². The second kappa shape index (κ2) is 6.81. The molecule has 1 aliphatic heterocycles. The van der Waals surface area contributed by atoms with Crippen LogP contribution < -0.4 is 4.90 Å². The highest BCUT2D eigenvalue weighted by atomic mass is 19.1. The van der Waals surface area contributed by atoms with Gasteiger partial charge in [0.25, 0.3) is 0 Å². The number of rotatable bonds is 5. The highest BCUT2D eigenvalue weighted by molar-refractivity contribution is 5.94. The van der Waals surface area contributed by atoms with E-state index < -0.39 is 0 Å². The summed E-state index contributed by atoms with van der Waals surface area (Å²) in [5.41, 5.74) is 0.933. The molecule has 1 aromatic carbocycles. The number of nitrogens with zero attached hydrogens (tertiary/aromatic N) is 1. The van der Waals surface area contributed by atoms with Crippen LogP contribution in [0, 0.1) is 5.82 Å². The predicted molar refractivity (Wildman–Crippen MR) is 74.7 cm³/mol. The van der Waals surface area contributed by atoms with Crippen LogP contribution in [-0.2, 0) is 4.74 Å². The maximum Gasteiger partial charge on any atom is 0.159 e. The van der Waals surface area contributed by atoms with Gasteiger partial charge in [-0.3, -0.25) is 4.79 Å². The molecule has 0 radical (unpaired) electrons. The van der Waals surface area contributed by atoms with Gasteiger partial charge < -0.3 is 14.7 Å². The third kappa shape index (κ3) is 3.55. The molecule has 2 rings (SSSR count). The van der Waals surface area contributed by atoms with Crippen LogP contribution in [-0.4, -0.2) is 43.3 Å². The molecule has 0 unspecified atom stereocenters. The van der Waals surface area contributed by atoms with Gasteiger partial charge in [-0.05, 0) is 38.0 Å². The van der Waals surface area contributed by atoms with Crippen molar-refractivity contribution in [3.8, 4) is 0 Å². The zero-order chi connectivity index (χ0) is 14.5. The lowest BCUT2D eigenvalue weighted by Crippen LogP contribution is -2.37. The van der Waals surface area contributed by atoms with E-state index in [4.69, 9.17) is 9.84 Å². The summed E-state index contributed by atoms with van der Waals surface area (Å²) in [4.78, 5) is 13.2. The van der Waals surface area contributed by atoms with Crippen LogP contribution in [0.1, 0.15) is 30.1 Å². The van der Waals surface area contributed by atoms with Crippen molar-refractivity contribution in [1.29, 1.82) is 0 Å². The highest BCUT2D eigenvalue weighted by Crippen LogP contribution is 2.25. The van der Waals surface area contributed by atoms with Crippen molar-refractivity contribution in [3.05, 3.63) is 29.6 Å². The number of benzene rings is 1. The van der Waals surface area contributed by atoms with Gasteiger partial charge >= 0.3 is 0 Å². The Bertz CT molecular complexity index is 470. The monoisotopic (exact) mass is 281 g/mol. The second-order valence-electron chi connectivity index (χ2n) is 5.00. The summed E-state index contributed by atoms with van der Waals surface area (Å²) < 4.78 is 19.5. The van der Waals surface area contributed by atoms with Crippen molar-refractivity contribution in [2.24, 2.45) is 0 Å². The molecule has 0 saturated carbocycles. The first-order valence-electron chi connectivity index (χ1n) is 6.89. The summed E-state index contributed by atoms with van der Waals surface area (Å²) in [6.07, 6.45) is 1.76. The molecule has 1 heterocycles. The van der Waals surface area contributed by atoms with Gasteiger partial charge in [0.15, 0.2) is 5.78 Å². The first-order chi connectivity index (χ1) is 9.61. The van der Waals surface area contributed by atoms with Crippen molar-refractivity contribution in [2.45, 2.75) is 25.9 Å². The molecule has 1 aromatic rings. The van der Waals surface area contributed by atoms with Crippen molar-refractivity contribution in [1.82, 2.24) is 0 Å². The van der Waals surface area contributed by atoms with Crippen molar-refractivity contribution < 1.29 is 19.0 Å². The fourth-order valence-electron chi connectivity index (χ4n) is 2.47. The Balaban J connectivity index is 1.98. The van der Waals surface area contributed by atoms with Crippen LogP contribution in [0.15, 0.2) is 18.2 Å². The van der Waals surface area contributed by atoms with Gasteiger partial charge in [-0.25, -0.2) is 4.39 Å². The van der Waals surface area contributed by atoms with Gasteiger partial charge in [0, 0.05) is 18.7 Å². The first-order valence-corrected chi connectivity index (χ1v) is 6.89. The highest BCUT2D eigenvalue weighted by Gasteiger charge is 2.21. The standard InChI is InChI=1S/C15H20FNO3/c1-11(19)12-2-3-15(14(16)10-12)17-6-4-13(5-7-17)20-9-8-18/h2-3,10,13,18H,4-9H2,1H3. The van der Waals surface area contributed by atoms with Crippen LogP contribution in [0.5, 0.6) is 0 Å². The SMILES string of the molecule is CC(=O)c1ccc(N2CCC(OCCO)CC2)c(F)c1. The van der Waals surface area contributed by atoms with Gasteiger partial charge in [-0.1, -0.05) is 0 Å². The van der Waals surface area contributed by atoms with Crippen LogP contribution in [0.25, 0.3) is 0 Å². The molecule has 1 saturated heterocycles. The molecule has 0 amide bonds. The van der Waals surface area contributed by atoms with Gasteiger partial charge in [0.05, 0.1) is 25.0 Å². The number of aliphatic hydroxyl groups excluding tert-OH is 1. The molecule has 110 valence electrons. The molecule has 0 atom stereocenters. The lowest BCUT2D eigenvalue weighted by atomic mass is 10.1. The number of aliphatic hydroxyl groups is 1. The first kappa shape index (κ1) is 14.9. The van der Waals surface area contributed by atoms with Crippen LogP contribution in [0.2, 0.25) is 0 Å². The summed E-state index contributed by atoms with van der Waals surface area (Å²) in [6.45, 7) is 3.24. The topological polar surface area (TPSA) is 49.8 Å². The molecule has 0 aromatic heterocycles. The van der Waals surface area contributed by atoms with Crippen LogP contribution >= 0.6 is 0 Å². The molecule has 0 aliphatic carbocycles. The number of carbonyl (C=O) groups excluding carboxylic acids is 1. The Morgan fingerprint density at radius 2 is 2.15 bits per heavy atom. The van der Waals surface area contributed by atoms with Gasteiger partial charge in [0.2, 0.25) is 0 Å². The minimum absolute atomic E-state index is 0.0291. The van der Waals surface area contributed by atoms with Gasteiger partial charge in [-0.15, -0.1) is 0 Å². The normalized spacial score (nSPS) is 16.4. The van der Waals surface area contributed by atoms with E-state index >= 15 is 0 Å². The Morgan fingerprint density at radius 3 is 2.70 bits per heavy atom. The number of anilines is 1. The Kier molecular flexibility index (Phi) is 5.09. The largest absolute Gasteiger partial charge is 0.394 e. The third-order valence-electron chi connectivity index (χ3n) is 3.58. The van der Waals surface area contributed by atoms with Gasteiger partial charge in [0.1, 0.15) is 5.82 Å². The molecular formula is C15H20FNO3. The summed E-state index contributed by atoms with van der Waals surface area (Å²) in [7, 11) is 0. The molecule has 1 aliphatic rings. The Hall–Kier alpha value is -1.46. The van der Waals surface area contributed by atoms with E-state index in [0.717, 1.165) is 12.8 Å². The third-order valence-corrected chi connectivity index (χ3v) is 3.58. The summed E-state index contributed by atoms with van der Waals surface area (Å²) in [6, 6.07) is 4.63. The van der Waals surface area contributed by atoms with E-state index in [9.17, 15) is 9.18 Å². The number of hydrogen-bond acceptors (Lipinski definition) is 4. The molecular weight excluding hydrogens is 261 g/mol. The van der Waals surface area contributed by atoms with Crippen molar-refractivity contribution in [3.63, 3.8) is 0 Å². The van der Waals surface area contributed by atoms with E-state index in [0.29, 0.717) is 30.9 Å².